The van der Waals surface area contributed by atoms with Crippen LogP contribution < -0.4 is 5.32 Å². The molecule has 0 bridgehead atoms. The molecule has 0 radical (unpaired) electrons. The first kappa shape index (κ1) is 15.3. The quantitative estimate of drug-likeness (QED) is 0.779. The maximum atomic E-state index is 3.77. The van der Waals surface area contributed by atoms with Gasteiger partial charge in [0.25, 0.3) is 0 Å². The monoisotopic (exact) mass is 266 g/mol. The topological polar surface area (TPSA) is 15.3 Å². The van der Waals surface area contributed by atoms with E-state index in [1.54, 1.807) is 0 Å². The number of nitrogens with zero attached hydrogens (tertiary/aromatic N) is 1. The van der Waals surface area contributed by atoms with E-state index in [9.17, 15) is 0 Å². The number of nitrogens with one attached hydrogen (secondary N) is 1. The van der Waals surface area contributed by atoms with E-state index in [1.807, 2.05) is 0 Å². The maximum absolute atomic E-state index is 3.77. The van der Waals surface area contributed by atoms with Crippen molar-refractivity contribution in [3.63, 3.8) is 0 Å². The molecule has 0 amide bonds. The molecule has 112 valence electrons. The van der Waals surface area contributed by atoms with Crippen molar-refractivity contribution in [1.82, 2.24) is 10.2 Å². The molecular weight excluding hydrogens is 232 g/mol. The Balaban J connectivity index is 2.00. The first-order chi connectivity index (χ1) is 9.20. The van der Waals surface area contributed by atoms with E-state index in [0.29, 0.717) is 0 Å². The van der Waals surface area contributed by atoms with Gasteiger partial charge in [0.2, 0.25) is 0 Å². The molecule has 2 unspecified atom stereocenters. The fraction of sp³-hybridized carbons (Fsp3) is 1.00. The Kier molecular flexibility index (Phi) is 6.15. The van der Waals surface area contributed by atoms with Crippen molar-refractivity contribution >= 4 is 0 Å². The van der Waals surface area contributed by atoms with Crippen LogP contribution in [0.3, 0.4) is 0 Å². The first-order valence-corrected chi connectivity index (χ1v) is 8.69. The number of hydrogen-bond acceptors (Lipinski definition) is 2. The molecule has 19 heavy (non-hydrogen) atoms. The molecule has 1 N–H and O–H groups in total. The number of hydrogen-bond donors (Lipinski definition) is 1. The molecule has 2 heteroatoms. The van der Waals surface area contributed by atoms with Gasteiger partial charge in [0.05, 0.1) is 0 Å². The van der Waals surface area contributed by atoms with Crippen LogP contribution in [0.2, 0.25) is 0 Å². The summed E-state index contributed by atoms with van der Waals surface area (Å²) in [6, 6.07) is 2.39. The van der Waals surface area contributed by atoms with Gasteiger partial charge >= 0.3 is 0 Å². The summed E-state index contributed by atoms with van der Waals surface area (Å²) >= 11 is 0. The Morgan fingerprint density at radius 1 is 1.11 bits per heavy atom. The Morgan fingerprint density at radius 3 is 2.37 bits per heavy atom. The van der Waals surface area contributed by atoms with Gasteiger partial charge in [-0.25, -0.2) is 0 Å². The highest BCUT2D eigenvalue weighted by Crippen LogP contribution is 2.27. The van der Waals surface area contributed by atoms with Crippen molar-refractivity contribution in [2.24, 2.45) is 5.92 Å². The smallest absolute Gasteiger partial charge is 0.0226 e. The molecule has 0 aromatic carbocycles. The van der Waals surface area contributed by atoms with E-state index in [-0.39, 0.29) is 0 Å². The van der Waals surface area contributed by atoms with Gasteiger partial charge in [-0.15, -0.1) is 0 Å². The maximum Gasteiger partial charge on any atom is 0.0226 e. The highest BCUT2D eigenvalue weighted by atomic mass is 15.3. The summed E-state index contributed by atoms with van der Waals surface area (Å²) in [6.07, 6.45) is 11.4. The molecule has 1 aliphatic heterocycles. The van der Waals surface area contributed by atoms with E-state index in [4.69, 9.17) is 0 Å². The van der Waals surface area contributed by atoms with Crippen molar-refractivity contribution in [2.75, 3.05) is 13.1 Å². The molecule has 0 spiro atoms. The van der Waals surface area contributed by atoms with Gasteiger partial charge in [-0.2, -0.15) is 0 Å². The second-order valence-corrected chi connectivity index (χ2v) is 7.14. The minimum Gasteiger partial charge on any atom is -0.311 e. The predicted molar refractivity (Wildman–Crippen MR) is 83.5 cm³/mol. The van der Waals surface area contributed by atoms with E-state index >= 15 is 0 Å². The van der Waals surface area contributed by atoms with E-state index in [0.717, 1.165) is 24.0 Å². The Bertz CT molecular complexity index is 242. The number of rotatable bonds is 4. The van der Waals surface area contributed by atoms with Crippen molar-refractivity contribution in [3.8, 4) is 0 Å². The lowest BCUT2D eigenvalue weighted by Crippen LogP contribution is -2.59. The van der Waals surface area contributed by atoms with E-state index < -0.39 is 0 Å². The molecule has 1 saturated carbocycles. The third-order valence-electron chi connectivity index (χ3n) is 5.07. The zero-order valence-corrected chi connectivity index (χ0v) is 13.3. The lowest BCUT2D eigenvalue weighted by molar-refractivity contribution is 0.0606. The zero-order chi connectivity index (χ0) is 13.7. The predicted octanol–water partition coefficient (Wildman–Crippen LogP) is 3.81. The molecule has 0 aromatic rings. The first-order valence-electron chi connectivity index (χ1n) is 8.69. The van der Waals surface area contributed by atoms with Crippen LogP contribution in [0.25, 0.3) is 0 Å². The van der Waals surface area contributed by atoms with E-state index in [1.165, 1.54) is 64.5 Å². The molecule has 1 heterocycles. The van der Waals surface area contributed by atoms with Crippen molar-refractivity contribution in [1.29, 1.82) is 0 Å². The van der Waals surface area contributed by atoms with Crippen molar-refractivity contribution < 1.29 is 0 Å². The van der Waals surface area contributed by atoms with Gasteiger partial charge in [0, 0.05) is 31.2 Å². The summed E-state index contributed by atoms with van der Waals surface area (Å²) in [5, 5.41) is 3.77. The SMILES string of the molecule is CCC1CN(C2CCCCCC2)C(CC(C)C)CN1. The van der Waals surface area contributed by atoms with Crippen LogP contribution in [0.1, 0.15) is 72.1 Å². The zero-order valence-electron chi connectivity index (χ0n) is 13.3. The van der Waals surface area contributed by atoms with Gasteiger partial charge in [0.1, 0.15) is 0 Å². The third-order valence-corrected chi connectivity index (χ3v) is 5.07. The highest BCUT2D eigenvalue weighted by molar-refractivity contribution is 4.90. The fourth-order valence-corrected chi connectivity index (χ4v) is 3.96. The average Bonchev–Trinajstić information content (AvgIpc) is 2.67. The van der Waals surface area contributed by atoms with E-state index in [2.05, 4.69) is 31.0 Å². The molecule has 0 aromatic heterocycles. The lowest BCUT2D eigenvalue weighted by atomic mass is 9.94. The van der Waals surface area contributed by atoms with Crippen LogP contribution in [0.4, 0.5) is 0 Å². The van der Waals surface area contributed by atoms with Gasteiger partial charge in [-0.3, -0.25) is 4.90 Å². The minimum atomic E-state index is 0.728. The van der Waals surface area contributed by atoms with Crippen LogP contribution in [-0.2, 0) is 0 Å². The standard InChI is InChI=1S/C17H34N2/c1-4-15-13-19(16-9-7-5-6-8-10-16)17(12-18-15)11-14(2)3/h14-18H,4-13H2,1-3H3. The molecule has 1 aliphatic carbocycles. The summed E-state index contributed by atoms with van der Waals surface area (Å²) in [6.45, 7) is 9.58. The molecule has 2 atom stereocenters. The highest BCUT2D eigenvalue weighted by Gasteiger charge is 2.32. The largest absolute Gasteiger partial charge is 0.311 e. The summed E-state index contributed by atoms with van der Waals surface area (Å²) in [4.78, 5) is 2.90. The molecule has 2 aliphatic rings. The van der Waals surface area contributed by atoms with Crippen LogP contribution in [-0.4, -0.2) is 36.1 Å². The van der Waals surface area contributed by atoms with Crippen LogP contribution in [0, 0.1) is 5.92 Å². The van der Waals surface area contributed by atoms with Crippen LogP contribution in [0.5, 0.6) is 0 Å². The Hall–Kier alpha value is -0.0800. The Labute approximate surface area is 120 Å². The summed E-state index contributed by atoms with van der Waals surface area (Å²) in [5.74, 6) is 0.818. The Morgan fingerprint density at radius 2 is 1.79 bits per heavy atom. The summed E-state index contributed by atoms with van der Waals surface area (Å²) in [5.41, 5.74) is 0. The molecule has 2 rings (SSSR count). The van der Waals surface area contributed by atoms with Crippen molar-refractivity contribution in [2.45, 2.75) is 90.3 Å². The molecular formula is C17H34N2. The van der Waals surface area contributed by atoms with Gasteiger partial charge in [0.15, 0.2) is 0 Å². The second-order valence-electron chi connectivity index (χ2n) is 7.14. The van der Waals surface area contributed by atoms with Gasteiger partial charge < -0.3 is 5.32 Å². The molecule has 2 nitrogen and oxygen atoms in total. The average molecular weight is 266 g/mol. The number of piperazine rings is 1. The minimum absolute atomic E-state index is 0.728. The fourth-order valence-electron chi connectivity index (χ4n) is 3.96. The third kappa shape index (κ3) is 4.46. The normalized spacial score (nSPS) is 31.6. The van der Waals surface area contributed by atoms with Crippen LogP contribution >= 0.6 is 0 Å². The van der Waals surface area contributed by atoms with Gasteiger partial charge in [-0.05, 0) is 31.6 Å². The van der Waals surface area contributed by atoms with Crippen LogP contribution in [0.15, 0.2) is 0 Å². The van der Waals surface area contributed by atoms with Gasteiger partial charge in [-0.1, -0.05) is 46.5 Å². The second kappa shape index (κ2) is 7.64. The molecule has 2 fully saturated rings. The van der Waals surface area contributed by atoms with Crippen molar-refractivity contribution in [3.05, 3.63) is 0 Å². The summed E-state index contributed by atoms with van der Waals surface area (Å²) < 4.78 is 0. The molecule has 1 saturated heterocycles. The lowest BCUT2D eigenvalue weighted by Gasteiger charge is -2.45. The summed E-state index contributed by atoms with van der Waals surface area (Å²) in [7, 11) is 0.